The van der Waals surface area contributed by atoms with Crippen molar-refractivity contribution >= 4 is 33.5 Å². The lowest BCUT2D eigenvalue weighted by Crippen LogP contribution is -2.19. The van der Waals surface area contributed by atoms with Crippen molar-refractivity contribution in [2.75, 3.05) is 7.11 Å². The molecule has 4 rings (SSSR count). The summed E-state index contributed by atoms with van der Waals surface area (Å²) in [6.07, 6.45) is 1.60. The third-order valence-corrected chi connectivity index (χ3v) is 6.24. The Kier molecular flexibility index (Phi) is 7.35. The zero-order chi connectivity index (χ0) is 25.8. The molecule has 0 amide bonds. The van der Waals surface area contributed by atoms with Crippen LogP contribution in [0.5, 0.6) is 11.5 Å². The maximum atomic E-state index is 13.1. The zero-order valence-corrected chi connectivity index (χ0v) is 21.4. The number of methoxy groups -OCH3 is 1. The molecule has 0 atom stereocenters. The molecule has 0 aliphatic rings. The number of para-hydroxylation sites is 1. The minimum absolute atomic E-state index is 0.0188. The van der Waals surface area contributed by atoms with Gasteiger partial charge in [-0.1, -0.05) is 18.2 Å². The summed E-state index contributed by atoms with van der Waals surface area (Å²) in [5, 5.41) is 10.8. The standard InChI is InChI=1S/C26H23BrN4O5/c1-17-24(26(32)30(29(17)2)20-7-5-4-6-8-20)28-15-19-13-22(27)25(23(14-19)35-3)36-16-18-9-11-21(12-10-18)31(33)34/h4-15H,16H2,1-3H3. The van der Waals surface area contributed by atoms with Crippen LogP contribution in [0.3, 0.4) is 0 Å². The quantitative estimate of drug-likeness (QED) is 0.164. The summed E-state index contributed by atoms with van der Waals surface area (Å²) in [4.78, 5) is 28.0. The molecule has 0 aliphatic carbocycles. The summed E-state index contributed by atoms with van der Waals surface area (Å²) in [6, 6.07) is 19.1. The fourth-order valence-corrected chi connectivity index (χ4v) is 4.24. The molecule has 0 aliphatic heterocycles. The largest absolute Gasteiger partial charge is 0.493 e. The van der Waals surface area contributed by atoms with Crippen LogP contribution < -0.4 is 15.0 Å². The van der Waals surface area contributed by atoms with Crippen LogP contribution in [0, 0.1) is 17.0 Å². The Morgan fingerprint density at radius 1 is 1.11 bits per heavy atom. The number of hydrogen-bond acceptors (Lipinski definition) is 6. The van der Waals surface area contributed by atoms with Gasteiger partial charge in [-0.05, 0) is 70.4 Å². The number of benzene rings is 3. The van der Waals surface area contributed by atoms with E-state index in [2.05, 4.69) is 20.9 Å². The SMILES string of the molecule is COc1cc(C=Nc2c(C)n(C)n(-c3ccccc3)c2=O)cc(Br)c1OCc1ccc([N+](=O)[O-])cc1. The molecule has 10 heteroatoms. The highest BCUT2D eigenvalue weighted by atomic mass is 79.9. The van der Waals surface area contributed by atoms with E-state index in [1.807, 2.05) is 50.4 Å². The van der Waals surface area contributed by atoms with Crippen LogP contribution in [-0.2, 0) is 13.7 Å². The van der Waals surface area contributed by atoms with Crippen molar-refractivity contribution in [3.8, 4) is 17.2 Å². The normalized spacial score (nSPS) is 11.1. The van der Waals surface area contributed by atoms with Gasteiger partial charge in [0.05, 0.1) is 27.9 Å². The van der Waals surface area contributed by atoms with E-state index in [0.29, 0.717) is 27.2 Å². The highest BCUT2D eigenvalue weighted by Gasteiger charge is 2.16. The Morgan fingerprint density at radius 3 is 2.44 bits per heavy atom. The fourth-order valence-electron chi connectivity index (χ4n) is 3.67. The van der Waals surface area contributed by atoms with Gasteiger partial charge in [-0.2, -0.15) is 0 Å². The van der Waals surface area contributed by atoms with Crippen LogP contribution in [0.25, 0.3) is 5.69 Å². The second-order valence-electron chi connectivity index (χ2n) is 7.91. The third kappa shape index (κ3) is 5.08. The zero-order valence-electron chi connectivity index (χ0n) is 19.8. The molecule has 0 bridgehead atoms. The van der Waals surface area contributed by atoms with E-state index in [4.69, 9.17) is 9.47 Å². The number of non-ortho nitro benzene ring substituents is 1. The summed E-state index contributed by atoms with van der Waals surface area (Å²) < 4.78 is 15.4. The molecule has 9 nitrogen and oxygen atoms in total. The molecule has 0 saturated carbocycles. The van der Waals surface area contributed by atoms with E-state index in [9.17, 15) is 14.9 Å². The van der Waals surface area contributed by atoms with E-state index < -0.39 is 4.92 Å². The minimum atomic E-state index is -0.446. The van der Waals surface area contributed by atoms with E-state index in [1.54, 1.807) is 33.8 Å². The fraction of sp³-hybridized carbons (Fsp3) is 0.154. The number of ether oxygens (including phenoxy) is 2. The molecular formula is C26H23BrN4O5. The predicted molar refractivity (Wildman–Crippen MR) is 141 cm³/mol. The number of aromatic nitrogens is 2. The Morgan fingerprint density at radius 2 is 1.81 bits per heavy atom. The Balaban J connectivity index is 1.58. The van der Waals surface area contributed by atoms with Crippen molar-refractivity contribution in [2.45, 2.75) is 13.5 Å². The van der Waals surface area contributed by atoms with Gasteiger partial charge in [-0.25, -0.2) is 9.67 Å². The third-order valence-electron chi connectivity index (χ3n) is 5.65. The molecule has 1 aromatic heterocycles. The van der Waals surface area contributed by atoms with Gasteiger partial charge in [0.2, 0.25) is 0 Å². The van der Waals surface area contributed by atoms with Crippen molar-refractivity contribution in [3.05, 3.63) is 108 Å². The number of nitro groups is 1. The molecule has 3 aromatic carbocycles. The lowest BCUT2D eigenvalue weighted by molar-refractivity contribution is -0.384. The smallest absolute Gasteiger partial charge is 0.297 e. The number of nitrogens with zero attached hydrogens (tertiary/aromatic N) is 4. The molecule has 0 N–H and O–H groups in total. The van der Waals surface area contributed by atoms with Crippen LogP contribution in [-0.4, -0.2) is 27.6 Å². The first-order chi connectivity index (χ1) is 17.3. The highest BCUT2D eigenvalue weighted by Crippen LogP contribution is 2.37. The van der Waals surface area contributed by atoms with Gasteiger partial charge in [-0.15, -0.1) is 0 Å². The second kappa shape index (κ2) is 10.6. The first kappa shape index (κ1) is 24.9. The molecular weight excluding hydrogens is 528 g/mol. The van der Waals surface area contributed by atoms with Gasteiger partial charge in [-0.3, -0.25) is 19.6 Å². The summed E-state index contributed by atoms with van der Waals surface area (Å²) in [6.45, 7) is 2.04. The average Bonchev–Trinajstić information content (AvgIpc) is 3.09. The number of rotatable bonds is 8. The average molecular weight is 551 g/mol. The first-order valence-electron chi connectivity index (χ1n) is 10.9. The number of halogens is 1. The Hall–Kier alpha value is -4.18. The molecule has 36 heavy (non-hydrogen) atoms. The molecule has 1 heterocycles. The van der Waals surface area contributed by atoms with Crippen LogP contribution in [0.2, 0.25) is 0 Å². The van der Waals surface area contributed by atoms with Gasteiger partial charge < -0.3 is 9.47 Å². The molecule has 184 valence electrons. The summed E-state index contributed by atoms with van der Waals surface area (Å²) in [7, 11) is 3.35. The van der Waals surface area contributed by atoms with Gasteiger partial charge >= 0.3 is 0 Å². The number of aliphatic imine (C=N–C) groups is 1. The van der Waals surface area contributed by atoms with Crippen molar-refractivity contribution in [1.29, 1.82) is 0 Å². The topological polar surface area (TPSA) is 101 Å². The van der Waals surface area contributed by atoms with E-state index in [1.165, 1.54) is 19.2 Å². The summed E-state index contributed by atoms with van der Waals surface area (Å²) in [5.41, 5.74) is 3.11. The minimum Gasteiger partial charge on any atom is -0.493 e. The van der Waals surface area contributed by atoms with E-state index in [-0.39, 0.29) is 17.9 Å². The predicted octanol–water partition coefficient (Wildman–Crippen LogP) is 5.49. The van der Waals surface area contributed by atoms with Crippen molar-refractivity contribution < 1.29 is 14.4 Å². The second-order valence-corrected chi connectivity index (χ2v) is 8.77. The van der Waals surface area contributed by atoms with Crippen LogP contribution in [0.4, 0.5) is 11.4 Å². The van der Waals surface area contributed by atoms with Crippen LogP contribution in [0.1, 0.15) is 16.8 Å². The van der Waals surface area contributed by atoms with Crippen LogP contribution in [0.15, 0.2) is 81.0 Å². The van der Waals surface area contributed by atoms with Crippen molar-refractivity contribution in [2.24, 2.45) is 12.0 Å². The van der Waals surface area contributed by atoms with Gasteiger partial charge in [0.1, 0.15) is 6.61 Å². The summed E-state index contributed by atoms with van der Waals surface area (Å²) >= 11 is 3.52. The maximum absolute atomic E-state index is 13.1. The van der Waals surface area contributed by atoms with Crippen molar-refractivity contribution in [3.63, 3.8) is 0 Å². The Labute approximate surface area is 215 Å². The molecule has 0 spiro atoms. The molecule has 4 aromatic rings. The Bertz CT molecular complexity index is 1490. The molecule has 0 radical (unpaired) electrons. The van der Waals surface area contributed by atoms with Crippen molar-refractivity contribution in [1.82, 2.24) is 9.36 Å². The number of nitro benzene ring substituents is 1. The van der Waals surface area contributed by atoms with Gasteiger partial charge in [0, 0.05) is 25.4 Å². The first-order valence-corrected chi connectivity index (χ1v) is 11.7. The molecule has 0 fully saturated rings. The van der Waals surface area contributed by atoms with Gasteiger partial charge in [0.15, 0.2) is 17.2 Å². The monoisotopic (exact) mass is 550 g/mol. The molecule has 0 saturated heterocycles. The summed E-state index contributed by atoms with van der Waals surface area (Å²) in [5.74, 6) is 0.953. The lowest BCUT2D eigenvalue weighted by atomic mass is 10.2. The number of hydrogen-bond donors (Lipinski definition) is 0. The van der Waals surface area contributed by atoms with E-state index >= 15 is 0 Å². The van der Waals surface area contributed by atoms with Gasteiger partial charge in [0.25, 0.3) is 11.2 Å². The maximum Gasteiger partial charge on any atom is 0.297 e. The molecule has 0 unspecified atom stereocenters. The van der Waals surface area contributed by atoms with Crippen LogP contribution >= 0.6 is 15.9 Å². The lowest BCUT2D eigenvalue weighted by Gasteiger charge is -2.13. The highest BCUT2D eigenvalue weighted by molar-refractivity contribution is 9.10. The van der Waals surface area contributed by atoms with E-state index in [0.717, 1.165) is 16.9 Å².